The van der Waals surface area contributed by atoms with Gasteiger partial charge in [-0.15, -0.1) is 5.10 Å². The lowest BCUT2D eigenvalue weighted by Crippen LogP contribution is -2.21. The van der Waals surface area contributed by atoms with Gasteiger partial charge >= 0.3 is 0 Å². The fourth-order valence-electron chi connectivity index (χ4n) is 3.16. The van der Waals surface area contributed by atoms with E-state index in [0.29, 0.717) is 28.8 Å². The van der Waals surface area contributed by atoms with Gasteiger partial charge in [-0.1, -0.05) is 6.42 Å². The maximum absolute atomic E-state index is 5.87. The molecular formula is C20H23N5O3. The average Bonchev–Trinajstić information content (AvgIpc) is 3.38. The third kappa shape index (κ3) is 3.63. The molecule has 1 fully saturated rings. The fourth-order valence-corrected chi connectivity index (χ4v) is 3.16. The number of pyridine rings is 1. The lowest BCUT2D eigenvalue weighted by Gasteiger charge is -2.08. The molecule has 0 radical (unpaired) electrons. The Balaban J connectivity index is 0.000000275. The second kappa shape index (κ2) is 8.26. The van der Waals surface area contributed by atoms with Crippen molar-refractivity contribution in [3.8, 4) is 23.2 Å². The second-order valence-corrected chi connectivity index (χ2v) is 6.44. The van der Waals surface area contributed by atoms with E-state index in [1.165, 1.54) is 32.4 Å². The van der Waals surface area contributed by atoms with Gasteiger partial charge in [0.2, 0.25) is 11.8 Å². The number of hydrogen-bond acceptors (Lipinski definition) is 7. The summed E-state index contributed by atoms with van der Waals surface area (Å²) >= 11 is 0. The largest absolute Gasteiger partial charge is 0.480 e. The van der Waals surface area contributed by atoms with Crippen LogP contribution in [0.3, 0.4) is 0 Å². The molecule has 0 amide bonds. The molecule has 0 aromatic carbocycles. The highest BCUT2D eigenvalue weighted by molar-refractivity contribution is 5.86. The number of aromatic nitrogens is 4. The summed E-state index contributed by atoms with van der Waals surface area (Å²) in [5, 5.41) is 8.46. The normalized spacial score (nSPS) is 13.9. The van der Waals surface area contributed by atoms with Crippen LogP contribution in [0.5, 0.6) is 11.8 Å². The molecule has 0 saturated carbocycles. The molecule has 5 rings (SSSR count). The minimum absolute atomic E-state index is 0.502. The van der Waals surface area contributed by atoms with Crippen LogP contribution < -0.4 is 14.8 Å². The van der Waals surface area contributed by atoms with Crippen LogP contribution in [0.4, 0.5) is 0 Å². The average molecular weight is 381 g/mol. The van der Waals surface area contributed by atoms with Crippen LogP contribution >= 0.6 is 0 Å². The summed E-state index contributed by atoms with van der Waals surface area (Å²) < 4.78 is 18.0. The van der Waals surface area contributed by atoms with Crippen molar-refractivity contribution in [3.63, 3.8) is 0 Å². The molecule has 4 aromatic rings. The smallest absolute Gasteiger partial charge is 0.231 e. The van der Waals surface area contributed by atoms with Gasteiger partial charge in [0, 0.05) is 18.3 Å². The maximum atomic E-state index is 5.87. The monoisotopic (exact) mass is 381 g/mol. The number of fused-ring (bicyclic) bond motifs is 2. The number of methoxy groups -OCH3 is 2. The molecule has 8 nitrogen and oxygen atoms in total. The molecule has 1 aliphatic rings. The van der Waals surface area contributed by atoms with Crippen molar-refractivity contribution in [1.82, 2.24) is 24.9 Å². The van der Waals surface area contributed by atoms with E-state index in [4.69, 9.17) is 13.9 Å². The van der Waals surface area contributed by atoms with Crippen LogP contribution in [0.25, 0.3) is 28.1 Å². The van der Waals surface area contributed by atoms with Gasteiger partial charge in [0.15, 0.2) is 11.4 Å². The highest BCUT2D eigenvalue weighted by atomic mass is 16.5. The molecule has 1 aliphatic heterocycles. The minimum atomic E-state index is 0.502. The van der Waals surface area contributed by atoms with Crippen LogP contribution in [0.2, 0.25) is 0 Å². The molecule has 5 heterocycles. The Morgan fingerprint density at radius 3 is 2.57 bits per heavy atom. The minimum Gasteiger partial charge on any atom is -0.480 e. The van der Waals surface area contributed by atoms with E-state index in [2.05, 4.69) is 20.4 Å². The zero-order valence-electron chi connectivity index (χ0n) is 16.0. The summed E-state index contributed by atoms with van der Waals surface area (Å²) in [5.41, 5.74) is 2.13. The maximum Gasteiger partial charge on any atom is 0.231 e. The quantitative estimate of drug-likeness (QED) is 0.582. The Morgan fingerprint density at radius 1 is 1.04 bits per heavy atom. The molecular weight excluding hydrogens is 358 g/mol. The summed E-state index contributed by atoms with van der Waals surface area (Å²) in [6.07, 6.45) is 7.57. The van der Waals surface area contributed by atoms with Gasteiger partial charge in [0.25, 0.3) is 0 Å². The van der Waals surface area contributed by atoms with E-state index in [9.17, 15) is 0 Å². The number of hydrogen-bond donors (Lipinski definition) is 1. The molecule has 146 valence electrons. The highest BCUT2D eigenvalue weighted by Gasteiger charge is 2.15. The molecule has 8 heteroatoms. The van der Waals surface area contributed by atoms with Crippen LogP contribution in [-0.4, -0.2) is 46.9 Å². The van der Waals surface area contributed by atoms with E-state index >= 15 is 0 Å². The molecule has 4 aromatic heterocycles. The lowest BCUT2D eigenvalue weighted by molar-refractivity contribution is 0.390. The van der Waals surface area contributed by atoms with E-state index in [0.717, 1.165) is 11.1 Å². The van der Waals surface area contributed by atoms with Crippen molar-refractivity contribution < 1.29 is 13.9 Å². The van der Waals surface area contributed by atoms with Crippen molar-refractivity contribution in [3.05, 3.63) is 36.7 Å². The van der Waals surface area contributed by atoms with E-state index in [1.54, 1.807) is 43.3 Å². The molecule has 0 aliphatic carbocycles. The van der Waals surface area contributed by atoms with Crippen LogP contribution in [0.15, 0.2) is 41.1 Å². The van der Waals surface area contributed by atoms with Gasteiger partial charge in [-0.25, -0.2) is 14.5 Å². The number of nitrogens with zero attached hydrogens (tertiary/aromatic N) is 4. The van der Waals surface area contributed by atoms with Crippen molar-refractivity contribution in [1.29, 1.82) is 0 Å². The first-order valence-electron chi connectivity index (χ1n) is 9.32. The zero-order valence-corrected chi connectivity index (χ0v) is 16.0. The Morgan fingerprint density at radius 2 is 1.89 bits per heavy atom. The first-order valence-corrected chi connectivity index (χ1v) is 9.32. The molecule has 0 bridgehead atoms. The van der Waals surface area contributed by atoms with E-state index in [-0.39, 0.29) is 0 Å². The predicted molar refractivity (Wildman–Crippen MR) is 106 cm³/mol. The van der Waals surface area contributed by atoms with E-state index < -0.39 is 0 Å². The topological polar surface area (TPSA) is 86.7 Å². The molecule has 1 N–H and O–H groups in total. The van der Waals surface area contributed by atoms with Crippen molar-refractivity contribution in [2.75, 3.05) is 27.3 Å². The second-order valence-electron chi connectivity index (χ2n) is 6.44. The van der Waals surface area contributed by atoms with Gasteiger partial charge in [-0.3, -0.25) is 0 Å². The number of ether oxygens (including phenoxy) is 2. The third-order valence-corrected chi connectivity index (χ3v) is 4.61. The molecule has 0 spiro atoms. The van der Waals surface area contributed by atoms with Gasteiger partial charge in [-0.05, 0) is 38.1 Å². The first-order chi connectivity index (χ1) is 13.8. The van der Waals surface area contributed by atoms with Crippen LogP contribution in [0, 0.1) is 0 Å². The molecule has 1 saturated heterocycles. The van der Waals surface area contributed by atoms with Crippen molar-refractivity contribution in [2.24, 2.45) is 0 Å². The Kier molecular flexibility index (Phi) is 5.38. The summed E-state index contributed by atoms with van der Waals surface area (Å²) in [4.78, 5) is 8.49. The molecule has 0 atom stereocenters. The lowest BCUT2D eigenvalue weighted by atomic mass is 10.2. The first kappa shape index (κ1) is 18.2. The Hall–Kier alpha value is -3.13. The zero-order chi connectivity index (χ0) is 19.3. The van der Waals surface area contributed by atoms with Crippen molar-refractivity contribution in [2.45, 2.75) is 19.3 Å². The summed E-state index contributed by atoms with van der Waals surface area (Å²) in [5.74, 6) is 1.66. The Labute approximate surface area is 162 Å². The fraction of sp³-hybridized carbons (Fsp3) is 0.350. The van der Waals surface area contributed by atoms with Gasteiger partial charge < -0.3 is 19.2 Å². The van der Waals surface area contributed by atoms with Crippen molar-refractivity contribution >= 4 is 16.6 Å². The SMILES string of the molecule is C1CCNCC1.COc1ccc2ncc(-c3cc4c(OC)nccc4o3)n2n1. The number of furan rings is 1. The third-order valence-electron chi connectivity index (χ3n) is 4.61. The number of rotatable bonds is 3. The van der Waals surface area contributed by atoms with E-state index in [1.807, 2.05) is 12.1 Å². The summed E-state index contributed by atoms with van der Waals surface area (Å²) in [7, 11) is 3.15. The molecule has 28 heavy (non-hydrogen) atoms. The predicted octanol–water partition coefficient (Wildman–Crippen LogP) is 3.31. The Bertz CT molecular complexity index is 1060. The number of nitrogens with one attached hydrogen (secondary N) is 1. The van der Waals surface area contributed by atoms with Crippen LogP contribution in [-0.2, 0) is 0 Å². The summed E-state index contributed by atoms with van der Waals surface area (Å²) in [6.45, 7) is 2.50. The standard InChI is InChI=1S/C15H12N4O3.C5H11N/c1-20-14-4-3-13-17-8-10(19(13)18-14)12-7-9-11(22-12)5-6-16-15(9)21-2;1-2-4-6-5-3-1/h3-8H,1-2H3;6H,1-5H2. The molecule has 0 unspecified atom stereocenters. The van der Waals surface area contributed by atoms with Gasteiger partial charge in [-0.2, -0.15) is 0 Å². The summed E-state index contributed by atoms with van der Waals surface area (Å²) in [6, 6.07) is 7.25. The highest BCUT2D eigenvalue weighted by Crippen LogP contribution is 2.32. The van der Waals surface area contributed by atoms with Crippen LogP contribution in [0.1, 0.15) is 19.3 Å². The van der Waals surface area contributed by atoms with Gasteiger partial charge in [0.1, 0.15) is 11.3 Å². The number of imidazole rings is 1. The van der Waals surface area contributed by atoms with Gasteiger partial charge in [0.05, 0.1) is 25.8 Å². The number of piperidine rings is 1.